The van der Waals surface area contributed by atoms with E-state index in [4.69, 9.17) is 0 Å². The van der Waals surface area contributed by atoms with Crippen molar-refractivity contribution < 1.29 is 0 Å². The minimum Gasteiger partial charge on any atom is -0.0988 e. The van der Waals surface area contributed by atoms with Crippen molar-refractivity contribution in [3.8, 4) is 0 Å². The molecule has 3 fully saturated rings. The summed E-state index contributed by atoms with van der Waals surface area (Å²) < 4.78 is 0. The molecule has 4 rings (SSSR count). The van der Waals surface area contributed by atoms with Crippen LogP contribution in [0.25, 0.3) is 0 Å². The van der Waals surface area contributed by atoms with Crippen molar-refractivity contribution in [2.45, 2.75) is 112 Å². The Morgan fingerprint density at radius 3 is 2.56 bits per heavy atom. The third-order valence-electron chi connectivity index (χ3n) is 11.2. The summed E-state index contributed by atoms with van der Waals surface area (Å²) in [6.45, 7) is 20.9. The quantitative estimate of drug-likeness (QED) is 0.262. The van der Waals surface area contributed by atoms with Gasteiger partial charge in [-0.15, -0.1) is 0 Å². The number of rotatable bonds is 8. The molecular weight excluding hydrogens is 384 g/mol. The van der Waals surface area contributed by atoms with Gasteiger partial charge in [0.15, 0.2) is 0 Å². The van der Waals surface area contributed by atoms with Crippen molar-refractivity contribution in [1.82, 2.24) is 0 Å². The zero-order valence-electron chi connectivity index (χ0n) is 22.1. The van der Waals surface area contributed by atoms with Crippen LogP contribution >= 0.6 is 0 Å². The van der Waals surface area contributed by atoms with E-state index in [-0.39, 0.29) is 0 Å². The minimum atomic E-state index is 0.483. The zero-order chi connectivity index (χ0) is 23.1. The van der Waals surface area contributed by atoms with E-state index in [0.717, 1.165) is 47.8 Å². The summed E-state index contributed by atoms with van der Waals surface area (Å²) in [4.78, 5) is 0. The Morgan fingerprint density at radius 1 is 1.06 bits per heavy atom. The maximum absolute atomic E-state index is 4.21. The molecule has 0 spiro atoms. The van der Waals surface area contributed by atoms with E-state index in [1.54, 1.807) is 0 Å². The maximum Gasteiger partial charge on any atom is -0.00851 e. The highest BCUT2D eigenvalue weighted by Crippen LogP contribution is 2.67. The fourth-order valence-electron chi connectivity index (χ4n) is 9.39. The molecule has 6 unspecified atom stereocenters. The third kappa shape index (κ3) is 4.34. The number of hydrogen-bond acceptors (Lipinski definition) is 0. The minimum absolute atomic E-state index is 0.483. The van der Waals surface area contributed by atoms with E-state index in [1.165, 1.54) is 76.2 Å². The summed E-state index contributed by atoms with van der Waals surface area (Å²) in [7, 11) is 0. The fraction of sp³-hybridized carbons (Fsp3) is 0.812. The van der Waals surface area contributed by atoms with Gasteiger partial charge in [0, 0.05) is 0 Å². The number of hydrogen-bond donors (Lipinski definition) is 0. The molecule has 8 atom stereocenters. The molecule has 0 radical (unpaired) electrons. The van der Waals surface area contributed by atoms with Gasteiger partial charge >= 0.3 is 0 Å². The van der Waals surface area contributed by atoms with Crippen molar-refractivity contribution in [2.75, 3.05) is 0 Å². The molecular formula is C32H52. The maximum atomic E-state index is 4.21. The van der Waals surface area contributed by atoms with Crippen LogP contribution in [-0.4, -0.2) is 0 Å². The van der Waals surface area contributed by atoms with Crippen LogP contribution in [-0.2, 0) is 0 Å². The highest BCUT2D eigenvalue weighted by atomic mass is 14.6. The first-order valence-electron chi connectivity index (χ1n) is 14.2. The van der Waals surface area contributed by atoms with Crippen LogP contribution in [0.4, 0.5) is 0 Å². The molecule has 0 N–H and O–H groups in total. The first-order valence-corrected chi connectivity index (χ1v) is 14.2. The van der Waals surface area contributed by atoms with Crippen molar-refractivity contribution in [3.63, 3.8) is 0 Å². The van der Waals surface area contributed by atoms with Gasteiger partial charge in [0.25, 0.3) is 0 Å². The van der Waals surface area contributed by atoms with Gasteiger partial charge in [-0.25, -0.2) is 0 Å². The Kier molecular flexibility index (Phi) is 7.20. The normalized spacial score (nSPS) is 41.9. The second-order valence-corrected chi connectivity index (χ2v) is 13.5. The second kappa shape index (κ2) is 9.46. The molecule has 3 saturated carbocycles. The summed E-state index contributed by atoms with van der Waals surface area (Å²) >= 11 is 0. The van der Waals surface area contributed by atoms with Crippen molar-refractivity contribution >= 4 is 0 Å². The van der Waals surface area contributed by atoms with Gasteiger partial charge in [-0.05, 0) is 110 Å². The second-order valence-electron chi connectivity index (χ2n) is 13.5. The SMILES string of the molecule is C=CC(=C)CC1CC[C@@]2(C)C(=CCC3C4CCC(C(C)CCCC(C)C)[C@@]4(C)CCC32)C1. The molecule has 0 saturated heterocycles. The first kappa shape index (κ1) is 24.3. The summed E-state index contributed by atoms with van der Waals surface area (Å²) in [5.74, 6) is 6.42. The molecule has 0 aromatic rings. The molecule has 0 bridgehead atoms. The van der Waals surface area contributed by atoms with Gasteiger partial charge in [0.1, 0.15) is 0 Å². The standard InChI is InChI=1S/C32H52/c1-8-23(4)20-25-16-18-31(6)26(21-25)12-13-27-29-15-14-28(24(5)11-9-10-22(2)3)32(29,7)19-17-30(27)31/h8,12,22,24-25,27-30H,1,4,9-11,13-21H2,2-3,5-7H3/t24?,25?,27?,28?,29?,30?,31-,32+/m0/s1. The van der Waals surface area contributed by atoms with E-state index >= 15 is 0 Å². The molecule has 32 heavy (non-hydrogen) atoms. The molecule has 0 aromatic heterocycles. The fourth-order valence-corrected chi connectivity index (χ4v) is 9.39. The Morgan fingerprint density at radius 2 is 1.84 bits per heavy atom. The van der Waals surface area contributed by atoms with E-state index in [2.05, 4.69) is 53.9 Å². The first-order chi connectivity index (χ1) is 15.2. The highest BCUT2D eigenvalue weighted by Gasteiger charge is 2.59. The van der Waals surface area contributed by atoms with Gasteiger partial charge in [-0.2, -0.15) is 0 Å². The van der Waals surface area contributed by atoms with Crippen LogP contribution in [0, 0.1) is 52.3 Å². The van der Waals surface area contributed by atoms with Gasteiger partial charge in [0.05, 0.1) is 0 Å². The van der Waals surface area contributed by atoms with Crippen LogP contribution in [0.5, 0.6) is 0 Å². The summed E-state index contributed by atoms with van der Waals surface area (Å²) in [6, 6.07) is 0. The lowest BCUT2D eigenvalue weighted by Gasteiger charge is -2.58. The predicted octanol–water partition coefficient (Wildman–Crippen LogP) is 9.78. The smallest absolute Gasteiger partial charge is 0.00851 e. The Bertz CT molecular complexity index is 724. The van der Waals surface area contributed by atoms with Crippen molar-refractivity contribution in [3.05, 3.63) is 36.5 Å². The lowest BCUT2D eigenvalue weighted by Crippen LogP contribution is -2.50. The molecule has 180 valence electrons. The average Bonchev–Trinajstić information content (AvgIpc) is 3.11. The molecule has 0 heterocycles. The summed E-state index contributed by atoms with van der Waals surface area (Å²) in [5, 5.41) is 0. The number of fused-ring (bicyclic) bond motifs is 5. The average molecular weight is 437 g/mol. The monoisotopic (exact) mass is 436 g/mol. The van der Waals surface area contributed by atoms with Crippen LogP contribution in [0.15, 0.2) is 36.5 Å². The lowest BCUT2D eigenvalue weighted by molar-refractivity contribution is -0.0527. The zero-order valence-corrected chi connectivity index (χ0v) is 22.1. The molecule has 0 aromatic carbocycles. The largest absolute Gasteiger partial charge is 0.0988 e. The molecule has 0 aliphatic heterocycles. The lowest BCUT2D eigenvalue weighted by atomic mass is 9.46. The van der Waals surface area contributed by atoms with Crippen LogP contribution in [0.1, 0.15) is 112 Å². The van der Waals surface area contributed by atoms with Crippen LogP contribution < -0.4 is 0 Å². The van der Waals surface area contributed by atoms with Gasteiger partial charge in [-0.1, -0.05) is 90.3 Å². The molecule has 0 heteroatoms. The Labute approximate surface area is 200 Å². The van der Waals surface area contributed by atoms with Crippen molar-refractivity contribution in [2.24, 2.45) is 52.3 Å². The number of allylic oxidation sites excluding steroid dienone is 4. The van der Waals surface area contributed by atoms with E-state index in [0.29, 0.717) is 10.8 Å². The van der Waals surface area contributed by atoms with Crippen LogP contribution in [0.3, 0.4) is 0 Å². The van der Waals surface area contributed by atoms with E-state index in [9.17, 15) is 0 Å². The summed E-state index contributed by atoms with van der Waals surface area (Å²) in [6.07, 6.45) is 21.7. The molecule has 4 aliphatic rings. The van der Waals surface area contributed by atoms with Crippen LogP contribution in [0.2, 0.25) is 0 Å². The molecule has 4 aliphatic carbocycles. The Hall–Kier alpha value is -0.780. The van der Waals surface area contributed by atoms with E-state index in [1.807, 2.05) is 11.6 Å². The summed E-state index contributed by atoms with van der Waals surface area (Å²) in [5.41, 5.74) is 4.16. The van der Waals surface area contributed by atoms with Gasteiger partial charge in [0.2, 0.25) is 0 Å². The topological polar surface area (TPSA) is 0 Å². The molecule has 0 amide bonds. The van der Waals surface area contributed by atoms with E-state index < -0.39 is 0 Å². The predicted molar refractivity (Wildman–Crippen MR) is 140 cm³/mol. The molecule has 0 nitrogen and oxygen atoms in total. The Balaban J connectivity index is 1.46. The van der Waals surface area contributed by atoms with Gasteiger partial charge < -0.3 is 0 Å². The highest BCUT2D eigenvalue weighted by molar-refractivity contribution is 5.26. The van der Waals surface area contributed by atoms with Crippen molar-refractivity contribution in [1.29, 1.82) is 0 Å². The van der Waals surface area contributed by atoms with Gasteiger partial charge in [-0.3, -0.25) is 0 Å². The third-order valence-corrected chi connectivity index (χ3v) is 11.2.